The summed E-state index contributed by atoms with van der Waals surface area (Å²) in [5.74, 6) is -2.16. The van der Waals surface area contributed by atoms with E-state index in [2.05, 4.69) is 0 Å². The Balaban J connectivity index is 1.40. The molecule has 0 amide bonds. The number of fused-ring (bicyclic) bond motifs is 2. The van der Waals surface area contributed by atoms with Crippen LogP contribution in [0.1, 0.15) is 33.2 Å². The Morgan fingerprint density at radius 1 is 0.757 bits per heavy atom. The van der Waals surface area contributed by atoms with E-state index in [4.69, 9.17) is 14.2 Å². The van der Waals surface area contributed by atoms with Crippen molar-refractivity contribution >= 4 is 51.2 Å². The molecule has 0 bridgehead atoms. The number of ether oxygens (including phenoxy) is 3. The second-order valence-corrected chi connectivity index (χ2v) is 9.92. The van der Waals surface area contributed by atoms with Crippen molar-refractivity contribution in [1.82, 2.24) is 0 Å². The quantitative estimate of drug-likeness (QED) is 0.237. The predicted octanol–water partition coefficient (Wildman–Crippen LogP) is 5.98. The van der Waals surface area contributed by atoms with Crippen molar-refractivity contribution < 1.29 is 33.0 Å². The van der Waals surface area contributed by atoms with E-state index in [1.54, 1.807) is 37.3 Å². The summed E-state index contributed by atoms with van der Waals surface area (Å²) in [6.45, 7) is 2.96. The second kappa shape index (κ2) is 10.2. The van der Waals surface area contributed by atoms with Crippen LogP contribution >= 0.6 is 11.8 Å². The summed E-state index contributed by atoms with van der Waals surface area (Å²) in [6.07, 6.45) is -3.37. The first-order chi connectivity index (χ1) is 17.8. The molecule has 1 fully saturated rings. The van der Waals surface area contributed by atoms with E-state index in [9.17, 15) is 14.4 Å². The Morgan fingerprint density at radius 2 is 1.43 bits per heavy atom. The van der Waals surface area contributed by atoms with Gasteiger partial charge < -0.3 is 14.2 Å². The molecule has 4 atom stereocenters. The minimum absolute atomic E-state index is 0.224. The molecule has 37 heavy (non-hydrogen) atoms. The number of carbonyl (C=O) groups excluding carboxylic acids is 3. The van der Waals surface area contributed by atoms with Crippen molar-refractivity contribution in [2.75, 3.05) is 0 Å². The van der Waals surface area contributed by atoms with Gasteiger partial charge in [0.2, 0.25) is 0 Å². The lowest BCUT2D eigenvalue weighted by Crippen LogP contribution is -2.37. The number of carbonyl (C=O) groups is 3. The maximum Gasteiger partial charge on any atom is 0.339 e. The summed E-state index contributed by atoms with van der Waals surface area (Å²) < 4.78 is 31.6. The maximum absolute atomic E-state index is 15.4. The van der Waals surface area contributed by atoms with Crippen LogP contribution in [-0.4, -0.2) is 41.1 Å². The van der Waals surface area contributed by atoms with Crippen LogP contribution in [0, 0.1) is 6.92 Å². The van der Waals surface area contributed by atoms with E-state index < -0.39 is 41.1 Å². The molecule has 0 N–H and O–H groups in total. The third-order valence-electron chi connectivity index (χ3n) is 6.26. The molecule has 8 heteroatoms. The first-order valence-corrected chi connectivity index (χ1v) is 12.6. The molecule has 0 unspecified atom stereocenters. The minimum atomic E-state index is -1.89. The van der Waals surface area contributed by atoms with Crippen LogP contribution in [-0.2, 0) is 19.0 Å². The average Bonchev–Trinajstić information content (AvgIpc) is 3.16. The third-order valence-corrected chi connectivity index (χ3v) is 7.52. The first kappa shape index (κ1) is 24.8. The molecule has 188 valence electrons. The molecule has 0 saturated carbocycles. The van der Waals surface area contributed by atoms with Gasteiger partial charge in [-0.25, -0.2) is 14.0 Å². The Bertz CT molecular complexity index is 1520. The van der Waals surface area contributed by atoms with Crippen LogP contribution < -0.4 is 0 Å². The smallest absolute Gasteiger partial charge is 0.339 e. The van der Waals surface area contributed by atoms with Gasteiger partial charge in [-0.2, -0.15) is 0 Å². The zero-order valence-electron chi connectivity index (χ0n) is 20.1. The summed E-state index contributed by atoms with van der Waals surface area (Å²) in [7, 11) is 0. The first-order valence-electron chi connectivity index (χ1n) is 11.7. The average molecular weight is 519 g/mol. The number of hydrogen-bond donors (Lipinski definition) is 0. The molecule has 5 rings (SSSR count). The van der Waals surface area contributed by atoms with Crippen LogP contribution in [0.4, 0.5) is 4.39 Å². The van der Waals surface area contributed by atoms with E-state index in [-0.39, 0.29) is 5.56 Å². The zero-order valence-corrected chi connectivity index (χ0v) is 20.9. The Hall–Kier alpha value is -3.91. The molecule has 4 aromatic carbocycles. The highest BCUT2D eigenvalue weighted by Crippen LogP contribution is 2.40. The van der Waals surface area contributed by atoms with Crippen molar-refractivity contribution in [1.29, 1.82) is 0 Å². The molecule has 4 aromatic rings. The summed E-state index contributed by atoms with van der Waals surface area (Å²) in [4.78, 5) is 37.6. The van der Waals surface area contributed by atoms with Gasteiger partial charge in [0.1, 0.15) is 0 Å². The molecule has 0 radical (unpaired) electrons. The van der Waals surface area contributed by atoms with Gasteiger partial charge in [0.15, 0.2) is 23.1 Å². The standard InChI is InChI=1S/C29H23FO6S/c1-16-22-10-6-5-8-19(22)13-14-23(16)27(33)36-29-25(24(30)28(37-29)34-17(2)31)35-26(32)21-12-11-18-7-3-4-9-20(18)15-21/h3-15,24-25,28-29H,1-2H3/t24-,25-,28+,29+/m0/s1. The van der Waals surface area contributed by atoms with Gasteiger partial charge >= 0.3 is 17.9 Å². The summed E-state index contributed by atoms with van der Waals surface area (Å²) >= 11 is 0.789. The number of aryl methyl sites for hydroxylation is 1. The van der Waals surface area contributed by atoms with Crippen LogP contribution in [0.25, 0.3) is 21.5 Å². The van der Waals surface area contributed by atoms with Gasteiger partial charge in [-0.15, -0.1) is 0 Å². The van der Waals surface area contributed by atoms with E-state index in [1.165, 1.54) is 0 Å². The predicted molar refractivity (Wildman–Crippen MR) is 139 cm³/mol. The van der Waals surface area contributed by atoms with E-state index in [0.717, 1.165) is 40.2 Å². The van der Waals surface area contributed by atoms with Crippen LogP contribution in [0.15, 0.2) is 78.9 Å². The number of hydrogen-bond acceptors (Lipinski definition) is 7. The Labute approximate surface area is 216 Å². The topological polar surface area (TPSA) is 78.9 Å². The van der Waals surface area contributed by atoms with Gasteiger partial charge in [-0.05, 0) is 52.2 Å². The fraction of sp³-hybridized carbons (Fsp3) is 0.207. The molecule has 6 nitrogen and oxygen atoms in total. The monoisotopic (exact) mass is 518 g/mol. The van der Waals surface area contributed by atoms with Gasteiger partial charge in [0.25, 0.3) is 0 Å². The highest BCUT2D eigenvalue weighted by molar-refractivity contribution is 8.00. The summed E-state index contributed by atoms with van der Waals surface area (Å²) in [6, 6.07) is 23.5. The third kappa shape index (κ3) is 5.02. The minimum Gasteiger partial charge on any atom is -0.451 e. The zero-order chi connectivity index (χ0) is 26.1. The normalized spacial score (nSPS) is 21.1. The molecule has 1 aliphatic rings. The van der Waals surface area contributed by atoms with Crippen molar-refractivity contribution in [3.8, 4) is 0 Å². The molecule has 1 heterocycles. The fourth-order valence-electron chi connectivity index (χ4n) is 4.39. The SMILES string of the molecule is CC(=O)O[C@@H]1S[C@@H](OC(=O)c2ccc3ccccc3c2C)[C@@H](OC(=O)c2ccc3ccccc3c2)[C@@H]1F. The number of alkyl halides is 1. The second-order valence-electron chi connectivity index (χ2n) is 8.72. The number of esters is 3. The highest BCUT2D eigenvalue weighted by atomic mass is 32.2. The van der Waals surface area contributed by atoms with Gasteiger partial charge in [-0.1, -0.05) is 72.4 Å². The van der Waals surface area contributed by atoms with E-state index in [0.29, 0.717) is 11.1 Å². The van der Waals surface area contributed by atoms with Crippen molar-refractivity contribution in [2.45, 2.75) is 37.0 Å². The lowest BCUT2D eigenvalue weighted by molar-refractivity contribution is -0.145. The fourth-order valence-corrected chi connectivity index (χ4v) is 5.65. The number of halogens is 1. The molecular weight excluding hydrogens is 495 g/mol. The summed E-state index contributed by atoms with van der Waals surface area (Å²) in [5.41, 5.74) is -1.26. The van der Waals surface area contributed by atoms with Crippen molar-refractivity contribution in [2.24, 2.45) is 0 Å². The lowest BCUT2D eigenvalue weighted by Gasteiger charge is -2.21. The molecule has 0 spiro atoms. The van der Waals surface area contributed by atoms with Crippen LogP contribution in [0.3, 0.4) is 0 Å². The van der Waals surface area contributed by atoms with Crippen LogP contribution in [0.5, 0.6) is 0 Å². The molecule has 0 aromatic heterocycles. The Morgan fingerprint density at radius 3 is 2.19 bits per heavy atom. The lowest BCUT2D eigenvalue weighted by atomic mass is 10.0. The van der Waals surface area contributed by atoms with Crippen LogP contribution in [0.2, 0.25) is 0 Å². The molecule has 1 saturated heterocycles. The molecule has 0 aliphatic carbocycles. The summed E-state index contributed by atoms with van der Waals surface area (Å²) in [5, 5.41) is 3.61. The van der Waals surface area contributed by atoms with Crippen molar-refractivity contribution in [3.63, 3.8) is 0 Å². The highest BCUT2D eigenvalue weighted by Gasteiger charge is 2.51. The van der Waals surface area contributed by atoms with Crippen molar-refractivity contribution in [3.05, 3.63) is 95.6 Å². The Kier molecular flexibility index (Phi) is 6.84. The molecular formula is C29H23FO6S. The maximum atomic E-state index is 15.4. The largest absolute Gasteiger partial charge is 0.451 e. The number of thioether (sulfide) groups is 1. The number of benzene rings is 4. The van der Waals surface area contributed by atoms with E-state index in [1.807, 2.05) is 48.5 Å². The van der Waals surface area contributed by atoms with Gasteiger partial charge in [-0.3, -0.25) is 4.79 Å². The van der Waals surface area contributed by atoms with Gasteiger partial charge in [0.05, 0.1) is 11.1 Å². The molecule has 1 aliphatic heterocycles. The van der Waals surface area contributed by atoms with E-state index >= 15 is 4.39 Å². The van der Waals surface area contributed by atoms with Gasteiger partial charge in [0, 0.05) is 6.92 Å². The number of rotatable bonds is 5.